The van der Waals surface area contributed by atoms with E-state index in [1.165, 1.54) is 11.1 Å². The van der Waals surface area contributed by atoms with Crippen LogP contribution in [0.3, 0.4) is 0 Å². The van der Waals surface area contributed by atoms with E-state index in [4.69, 9.17) is 4.74 Å². The molecule has 0 N–H and O–H groups in total. The van der Waals surface area contributed by atoms with Crippen molar-refractivity contribution in [3.05, 3.63) is 29.3 Å². The van der Waals surface area contributed by atoms with E-state index in [9.17, 15) is 0 Å². The van der Waals surface area contributed by atoms with Crippen molar-refractivity contribution in [2.75, 3.05) is 7.11 Å². The van der Waals surface area contributed by atoms with E-state index in [-0.39, 0.29) is 5.41 Å². The molecule has 14 heavy (non-hydrogen) atoms. The van der Waals surface area contributed by atoms with Crippen LogP contribution in [-0.4, -0.2) is 7.11 Å². The fourth-order valence-electron chi connectivity index (χ4n) is 1.52. The second-order valence-corrected chi connectivity index (χ2v) is 4.63. The Hall–Kier alpha value is -0.980. The fraction of sp³-hybridized carbons (Fsp3) is 0.538. The molecule has 0 aliphatic heterocycles. The van der Waals surface area contributed by atoms with Crippen molar-refractivity contribution in [3.63, 3.8) is 0 Å². The molecule has 78 valence electrons. The summed E-state index contributed by atoms with van der Waals surface area (Å²) in [5.41, 5.74) is 2.88. The van der Waals surface area contributed by atoms with Gasteiger partial charge in [0, 0.05) is 0 Å². The highest BCUT2D eigenvalue weighted by molar-refractivity contribution is 5.39. The topological polar surface area (TPSA) is 9.23 Å². The zero-order valence-corrected chi connectivity index (χ0v) is 9.85. The summed E-state index contributed by atoms with van der Waals surface area (Å²) in [7, 11) is 1.73. The molecule has 1 nitrogen and oxygen atoms in total. The molecule has 1 heteroatoms. The molecule has 0 aliphatic rings. The molecule has 1 aromatic rings. The minimum absolute atomic E-state index is 0.218. The first kappa shape index (κ1) is 11.1. The summed E-state index contributed by atoms with van der Waals surface area (Å²) in [5.74, 6) is 1.00. The van der Waals surface area contributed by atoms with Crippen LogP contribution in [0.15, 0.2) is 18.2 Å². The lowest BCUT2D eigenvalue weighted by atomic mass is 9.86. The van der Waals surface area contributed by atoms with E-state index < -0.39 is 0 Å². The van der Waals surface area contributed by atoms with E-state index in [0.717, 1.165) is 12.2 Å². The van der Waals surface area contributed by atoms with Crippen molar-refractivity contribution in [2.24, 2.45) is 0 Å². The van der Waals surface area contributed by atoms with Crippen LogP contribution in [0.5, 0.6) is 5.75 Å². The smallest absolute Gasteiger partial charge is 0.122 e. The first-order valence-electron chi connectivity index (χ1n) is 5.16. The highest BCUT2D eigenvalue weighted by Crippen LogP contribution is 2.27. The zero-order valence-electron chi connectivity index (χ0n) is 9.85. The number of methoxy groups -OCH3 is 1. The number of hydrogen-bond acceptors (Lipinski definition) is 1. The summed E-state index contributed by atoms with van der Waals surface area (Å²) in [4.78, 5) is 0. The zero-order chi connectivity index (χ0) is 10.8. The van der Waals surface area contributed by atoms with Gasteiger partial charge in [0.05, 0.1) is 7.11 Å². The molecule has 0 saturated heterocycles. The van der Waals surface area contributed by atoms with Gasteiger partial charge in [0.1, 0.15) is 5.75 Å². The van der Waals surface area contributed by atoms with Crippen molar-refractivity contribution < 1.29 is 4.74 Å². The van der Waals surface area contributed by atoms with Crippen LogP contribution in [0.1, 0.15) is 38.8 Å². The molecule has 0 bridgehead atoms. The maximum atomic E-state index is 5.30. The second-order valence-electron chi connectivity index (χ2n) is 4.63. The number of rotatable bonds is 2. The average molecular weight is 192 g/mol. The van der Waals surface area contributed by atoms with Gasteiger partial charge in [0.25, 0.3) is 0 Å². The fourth-order valence-corrected chi connectivity index (χ4v) is 1.52. The lowest BCUT2D eigenvalue weighted by Gasteiger charge is -2.20. The summed E-state index contributed by atoms with van der Waals surface area (Å²) in [6, 6.07) is 6.47. The number of hydrogen-bond donors (Lipinski definition) is 0. The van der Waals surface area contributed by atoms with Crippen molar-refractivity contribution >= 4 is 0 Å². The van der Waals surface area contributed by atoms with Crippen LogP contribution in [0.25, 0.3) is 0 Å². The third-order valence-corrected chi connectivity index (χ3v) is 2.53. The molecule has 0 radical (unpaired) electrons. The largest absolute Gasteiger partial charge is 0.496 e. The van der Waals surface area contributed by atoms with Crippen molar-refractivity contribution in [1.82, 2.24) is 0 Å². The van der Waals surface area contributed by atoms with Gasteiger partial charge >= 0.3 is 0 Å². The summed E-state index contributed by atoms with van der Waals surface area (Å²) in [6.45, 7) is 8.85. The lowest BCUT2D eigenvalue weighted by Crippen LogP contribution is -2.11. The van der Waals surface area contributed by atoms with Crippen molar-refractivity contribution in [1.29, 1.82) is 0 Å². The quantitative estimate of drug-likeness (QED) is 0.696. The standard InChI is InChI=1S/C13H20O/c1-6-10-9-11(13(2,3)4)7-8-12(10)14-5/h7-9H,6H2,1-5H3. The monoisotopic (exact) mass is 192 g/mol. The molecule has 0 saturated carbocycles. The van der Waals surface area contributed by atoms with Crippen LogP contribution < -0.4 is 4.74 Å². The Morgan fingerprint density at radius 3 is 2.29 bits per heavy atom. The molecule has 1 aromatic carbocycles. The van der Waals surface area contributed by atoms with Gasteiger partial charge in [0.15, 0.2) is 0 Å². The Morgan fingerprint density at radius 2 is 1.86 bits per heavy atom. The highest BCUT2D eigenvalue weighted by Gasteiger charge is 2.14. The lowest BCUT2D eigenvalue weighted by molar-refractivity contribution is 0.409. The summed E-state index contributed by atoms with van der Waals surface area (Å²) in [5, 5.41) is 0. The maximum absolute atomic E-state index is 5.30. The Balaban J connectivity index is 3.14. The number of aryl methyl sites for hydroxylation is 1. The van der Waals surface area contributed by atoms with Gasteiger partial charge in [-0.25, -0.2) is 0 Å². The van der Waals surface area contributed by atoms with Crippen LogP contribution in [0, 0.1) is 0 Å². The van der Waals surface area contributed by atoms with Gasteiger partial charge < -0.3 is 4.74 Å². The minimum atomic E-state index is 0.218. The molecule has 1 rings (SSSR count). The molecule has 0 heterocycles. The van der Waals surface area contributed by atoms with E-state index in [0.29, 0.717) is 0 Å². The molecular weight excluding hydrogens is 172 g/mol. The van der Waals surface area contributed by atoms with Gasteiger partial charge in [-0.05, 0) is 29.0 Å². The van der Waals surface area contributed by atoms with Crippen molar-refractivity contribution in [2.45, 2.75) is 39.5 Å². The Morgan fingerprint density at radius 1 is 1.21 bits per heavy atom. The third-order valence-electron chi connectivity index (χ3n) is 2.53. The molecule has 0 unspecified atom stereocenters. The summed E-state index contributed by atoms with van der Waals surface area (Å²) in [6.07, 6.45) is 1.02. The van der Waals surface area contributed by atoms with E-state index >= 15 is 0 Å². The Bertz CT molecular complexity index is 308. The molecule has 0 fully saturated rings. The third kappa shape index (κ3) is 2.28. The summed E-state index contributed by atoms with van der Waals surface area (Å²) >= 11 is 0. The first-order valence-corrected chi connectivity index (χ1v) is 5.16. The molecule has 0 aliphatic carbocycles. The molecule has 0 aromatic heterocycles. The van der Waals surface area contributed by atoms with Gasteiger partial charge in [-0.2, -0.15) is 0 Å². The number of ether oxygens (including phenoxy) is 1. The van der Waals surface area contributed by atoms with Crippen LogP contribution in [-0.2, 0) is 11.8 Å². The van der Waals surface area contributed by atoms with Crippen LogP contribution in [0.2, 0.25) is 0 Å². The van der Waals surface area contributed by atoms with Gasteiger partial charge in [0.2, 0.25) is 0 Å². The average Bonchev–Trinajstić information content (AvgIpc) is 2.15. The molecule has 0 amide bonds. The SMILES string of the molecule is CCc1cc(C(C)(C)C)ccc1OC. The van der Waals surface area contributed by atoms with Crippen LogP contribution >= 0.6 is 0 Å². The summed E-state index contributed by atoms with van der Waals surface area (Å²) < 4.78 is 5.30. The normalized spacial score (nSPS) is 11.5. The highest BCUT2D eigenvalue weighted by atomic mass is 16.5. The first-order chi connectivity index (χ1) is 6.49. The number of benzene rings is 1. The predicted molar refractivity (Wildman–Crippen MR) is 61.1 cm³/mol. The Kier molecular flexibility index (Phi) is 3.20. The van der Waals surface area contributed by atoms with Gasteiger partial charge in [-0.15, -0.1) is 0 Å². The van der Waals surface area contributed by atoms with Crippen molar-refractivity contribution in [3.8, 4) is 5.75 Å². The van der Waals surface area contributed by atoms with Gasteiger partial charge in [-0.1, -0.05) is 39.8 Å². The predicted octanol–water partition coefficient (Wildman–Crippen LogP) is 3.56. The van der Waals surface area contributed by atoms with Gasteiger partial charge in [-0.3, -0.25) is 0 Å². The maximum Gasteiger partial charge on any atom is 0.122 e. The Labute approximate surface area is 87.1 Å². The second kappa shape index (κ2) is 4.04. The van der Waals surface area contributed by atoms with E-state index in [1.54, 1.807) is 7.11 Å². The molecule has 0 atom stereocenters. The molecule has 0 spiro atoms. The molecular formula is C13H20O. The minimum Gasteiger partial charge on any atom is -0.496 e. The van der Waals surface area contributed by atoms with E-state index in [2.05, 4.69) is 45.9 Å². The van der Waals surface area contributed by atoms with E-state index in [1.807, 2.05) is 0 Å². The van der Waals surface area contributed by atoms with Crippen LogP contribution in [0.4, 0.5) is 0 Å².